The van der Waals surface area contributed by atoms with E-state index in [-0.39, 0.29) is 10.8 Å². The first-order chi connectivity index (χ1) is 6.17. The first-order valence-electron chi connectivity index (χ1n) is 5.45. The predicted octanol–water partition coefficient (Wildman–Crippen LogP) is 4.49. The van der Waals surface area contributed by atoms with Crippen LogP contribution in [0.5, 0.6) is 0 Å². The summed E-state index contributed by atoms with van der Waals surface area (Å²) < 4.78 is 25.7. The molecule has 0 spiro atoms. The average Bonchev–Trinajstić information content (AvgIpc) is 1.95. The lowest BCUT2D eigenvalue weighted by atomic mass is 9.45. The molecule has 0 atom stereocenters. The van der Waals surface area contributed by atoms with Crippen molar-refractivity contribution in [1.82, 2.24) is 0 Å². The molecule has 0 amide bonds. The van der Waals surface area contributed by atoms with Crippen molar-refractivity contribution >= 4 is 0 Å². The molecule has 0 radical (unpaired) electrons. The standard InChI is InChI=1S/C12H22F2/c1-6-12(9(13)14)7-11(5,8-12)10(2,3)4/h9H,6-8H2,1-5H3. The second kappa shape index (κ2) is 3.18. The van der Waals surface area contributed by atoms with Crippen LogP contribution in [0.25, 0.3) is 0 Å². The van der Waals surface area contributed by atoms with Crippen LogP contribution in [0.1, 0.15) is 53.9 Å². The van der Waals surface area contributed by atoms with Crippen LogP contribution in [-0.2, 0) is 0 Å². The van der Waals surface area contributed by atoms with Crippen LogP contribution in [-0.4, -0.2) is 6.43 Å². The highest BCUT2D eigenvalue weighted by Crippen LogP contribution is 2.65. The molecule has 0 heterocycles. The zero-order valence-electron chi connectivity index (χ0n) is 9.95. The molecule has 1 saturated carbocycles. The van der Waals surface area contributed by atoms with E-state index in [9.17, 15) is 8.78 Å². The highest BCUT2D eigenvalue weighted by Gasteiger charge is 2.59. The highest BCUT2D eigenvalue weighted by molar-refractivity contribution is 5.06. The summed E-state index contributed by atoms with van der Waals surface area (Å²) in [7, 11) is 0. The monoisotopic (exact) mass is 204 g/mol. The van der Waals surface area contributed by atoms with Crippen LogP contribution >= 0.6 is 0 Å². The van der Waals surface area contributed by atoms with Crippen LogP contribution in [0.15, 0.2) is 0 Å². The Kier molecular flexibility index (Phi) is 2.71. The van der Waals surface area contributed by atoms with Crippen molar-refractivity contribution in [2.45, 2.75) is 60.3 Å². The molecule has 0 unspecified atom stereocenters. The fraction of sp³-hybridized carbons (Fsp3) is 1.00. The van der Waals surface area contributed by atoms with E-state index in [1.54, 1.807) is 0 Å². The maximum atomic E-state index is 12.9. The van der Waals surface area contributed by atoms with Crippen molar-refractivity contribution in [3.63, 3.8) is 0 Å². The van der Waals surface area contributed by atoms with E-state index in [2.05, 4.69) is 27.7 Å². The Labute approximate surface area is 86.1 Å². The van der Waals surface area contributed by atoms with Crippen LogP contribution in [0.2, 0.25) is 0 Å². The van der Waals surface area contributed by atoms with Gasteiger partial charge in [0.05, 0.1) is 0 Å². The highest BCUT2D eigenvalue weighted by atomic mass is 19.3. The Bertz CT molecular complexity index is 205. The number of halogens is 2. The summed E-state index contributed by atoms with van der Waals surface area (Å²) in [6, 6.07) is 0. The largest absolute Gasteiger partial charge is 0.244 e. The summed E-state index contributed by atoms with van der Waals surface area (Å²) in [5.74, 6) is 0. The van der Waals surface area contributed by atoms with Gasteiger partial charge in [0, 0.05) is 5.41 Å². The minimum absolute atomic E-state index is 0.0967. The summed E-state index contributed by atoms with van der Waals surface area (Å²) in [5, 5.41) is 0. The van der Waals surface area contributed by atoms with Crippen LogP contribution in [0.3, 0.4) is 0 Å². The van der Waals surface area contributed by atoms with Gasteiger partial charge in [0.1, 0.15) is 0 Å². The second-order valence-corrected chi connectivity index (χ2v) is 6.18. The molecule has 0 N–H and O–H groups in total. The molecular formula is C12H22F2. The summed E-state index contributed by atoms with van der Waals surface area (Å²) in [4.78, 5) is 0. The van der Waals surface area contributed by atoms with Gasteiger partial charge in [0.15, 0.2) is 0 Å². The minimum atomic E-state index is -2.15. The van der Waals surface area contributed by atoms with Crippen LogP contribution < -0.4 is 0 Å². The van der Waals surface area contributed by atoms with E-state index in [1.165, 1.54) is 0 Å². The molecule has 14 heavy (non-hydrogen) atoms. The Morgan fingerprint density at radius 1 is 1.21 bits per heavy atom. The van der Waals surface area contributed by atoms with Gasteiger partial charge in [0.2, 0.25) is 6.43 Å². The lowest BCUT2D eigenvalue weighted by Gasteiger charge is -2.60. The van der Waals surface area contributed by atoms with Crippen molar-refractivity contribution in [3.05, 3.63) is 0 Å². The second-order valence-electron chi connectivity index (χ2n) is 6.18. The smallest absolute Gasteiger partial charge is 0.210 e. The molecule has 1 rings (SSSR count). The van der Waals surface area contributed by atoms with Crippen molar-refractivity contribution in [3.8, 4) is 0 Å². The molecule has 1 fully saturated rings. The Morgan fingerprint density at radius 3 is 1.86 bits per heavy atom. The molecule has 1 aliphatic rings. The first kappa shape index (κ1) is 11.9. The van der Waals surface area contributed by atoms with E-state index in [0.29, 0.717) is 19.3 Å². The lowest BCUT2D eigenvalue weighted by Crippen LogP contribution is -2.54. The molecule has 0 nitrogen and oxygen atoms in total. The van der Waals surface area contributed by atoms with Gasteiger partial charge in [0.25, 0.3) is 0 Å². The fourth-order valence-corrected chi connectivity index (χ4v) is 2.59. The molecule has 0 aromatic carbocycles. The Morgan fingerprint density at radius 2 is 1.64 bits per heavy atom. The van der Waals surface area contributed by atoms with E-state index >= 15 is 0 Å². The third kappa shape index (κ3) is 1.57. The molecule has 0 bridgehead atoms. The minimum Gasteiger partial charge on any atom is -0.210 e. The third-order valence-corrected chi connectivity index (χ3v) is 4.46. The molecule has 2 heteroatoms. The van der Waals surface area contributed by atoms with Crippen molar-refractivity contribution in [2.24, 2.45) is 16.2 Å². The molecule has 0 saturated heterocycles. The van der Waals surface area contributed by atoms with Crippen molar-refractivity contribution in [1.29, 1.82) is 0 Å². The van der Waals surface area contributed by atoms with E-state index in [0.717, 1.165) is 0 Å². The van der Waals surface area contributed by atoms with Crippen LogP contribution in [0, 0.1) is 16.2 Å². The summed E-state index contributed by atoms with van der Waals surface area (Å²) in [6.45, 7) is 10.5. The molecule has 1 aliphatic carbocycles. The summed E-state index contributed by atoms with van der Waals surface area (Å²) >= 11 is 0. The molecular weight excluding hydrogens is 182 g/mol. The molecule has 84 valence electrons. The van der Waals surface area contributed by atoms with Crippen LogP contribution in [0.4, 0.5) is 8.78 Å². The van der Waals surface area contributed by atoms with E-state index in [4.69, 9.17) is 0 Å². The Balaban J connectivity index is 2.73. The van der Waals surface area contributed by atoms with Gasteiger partial charge in [-0.3, -0.25) is 0 Å². The zero-order chi connectivity index (χ0) is 11.2. The Hall–Kier alpha value is -0.140. The molecule has 0 aromatic heterocycles. The maximum Gasteiger partial charge on any atom is 0.244 e. The van der Waals surface area contributed by atoms with Gasteiger partial charge in [-0.2, -0.15) is 0 Å². The predicted molar refractivity (Wildman–Crippen MR) is 55.5 cm³/mol. The van der Waals surface area contributed by atoms with E-state index in [1.807, 2.05) is 6.92 Å². The van der Waals surface area contributed by atoms with Gasteiger partial charge in [-0.1, -0.05) is 34.6 Å². The van der Waals surface area contributed by atoms with Gasteiger partial charge in [-0.15, -0.1) is 0 Å². The molecule has 0 aliphatic heterocycles. The van der Waals surface area contributed by atoms with E-state index < -0.39 is 11.8 Å². The van der Waals surface area contributed by atoms with Gasteiger partial charge >= 0.3 is 0 Å². The van der Waals surface area contributed by atoms with Gasteiger partial charge < -0.3 is 0 Å². The third-order valence-electron chi connectivity index (χ3n) is 4.46. The van der Waals surface area contributed by atoms with Crippen molar-refractivity contribution < 1.29 is 8.78 Å². The van der Waals surface area contributed by atoms with Gasteiger partial charge in [-0.25, -0.2) is 8.78 Å². The first-order valence-corrected chi connectivity index (χ1v) is 5.45. The normalized spacial score (nSPS) is 38.6. The number of hydrogen-bond acceptors (Lipinski definition) is 0. The SMILES string of the molecule is CCC1(C(F)F)CC(C)(C(C)(C)C)C1. The number of hydrogen-bond donors (Lipinski definition) is 0. The van der Waals surface area contributed by atoms with Crippen molar-refractivity contribution in [2.75, 3.05) is 0 Å². The quantitative estimate of drug-likeness (QED) is 0.621. The topological polar surface area (TPSA) is 0 Å². The lowest BCUT2D eigenvalue weighted by molar-refractivity contribution is -0.173. The number of alkyl halides is 2. The fourth-order valence-electron chi connectivity index (χ4n) is 2.59. The summed E-state index contributed by atoms with van der Waals surface area (Å²) in [5.41, 5.74) is -0.442. The number of rotatable bonds is 2. The van der Waals surface area contributed by atoms with Gasteiger partial charge in [-0.05, 0) is 30.1 Å². The maximum absolute atomic E-state index is 12.9. The zero-order valence-corrected chi connectivity index (χ0v) is 9.95. The summed E-state index contributed by atoms with van der Waals surface area (Å²) in [6.07, 6.45) is -0.186. The molecule has 0 aromatic rings. The average molecular weight is 204 g/mol.